The molecular weight excluding hydrogens is 488 g/mol. The zero-order valence-corrected chi connectivity index (χ0v) is 18.8. The predicted octanol–water partition coefficient (Wildman–Crippen LogP) is 3.78. The second-order valence-corrected chi connectivity index (χ2v) is 8.86. The lowest BCUT2D eigenvalue weighted by molar-refractivity contribution is -0.385. The summed E-state index contributed by atoms with van der Waals surface area (Å²) < 4.78 is 3.51. The fraction of sp³-hybridized carbons (Fsp3) is 0.150. The molecule has 31 heavy (non-hydrogen) atoms. The number of aromatic nitrogens is 2. The van der Waals surface area contributed by atoms with E-state index < -0.39 is 16.1 Å². The third kappa shape index (κ3) is 3.70. The summed E-state index contributed by atoms with van der Waals surface area (Å²) in [5.74, 6) is -0.522. The van der Waals surface area contributed by atoms with Gasteiger partial charge in [-0.1, -0.05) is 28.1 Å². The third-order valence-corrected chi connectivity index (χ3v) is 6.41. The Morgan fingerprint density at radius 3 is 2.42 bits per heavy atom. The fourth-order valence-corrected chi connectivity index (χ4v) is 4.70. The van der Waals surface area contributed by atoms with E-state index in [1.807, 2.05) is 12.1 Å². The number of carbonyl (C=O) groups is 2. The van der Waals surface area contributed by atoms with Crippen molar-refractivity contribution in [2.75, 3.05) is 0 Å². The van der Waals surface area contributed by atoms with Crippen molar-refractivity contribution >= 4 is 61.6 Å². The fourth-order valence-electron chi connectivity index (χ4n) is 3.42. The van der Waals surface area contributed by atoms with Crippen molar-refractivity contribution in [3.63, 3.8) is 0 Å². The number of aryl methyl sites for hydroxylation is 2. The first-order valence-electron chi connectivity index (χ1n) is 9.01. The van der Waals surface area contributed by atoms with Crippen LogP contribution in [0.1, 0.15) is 11.1 Å². The molecule has 0 unspecified atom stereocenters. The van der Waals surface area contributed by atoms with Crippen LogP contribution >= 0.6 is 27.7 Å². The Labute approximate surface area is 188 Å². The largest absolute Gasteiger partial charge is 0.328 e. The molecule has 0 spiro atoms. The number of thioether (sulfide) groups is 1. The maximum absolute atomic E-state index is 12.9. The SMILES string of the molecule is Cn1c(=O)n(C)c2cc([N+](=O)[O-])c(/C=C3\SC(=O)N(Cc4cccc(Br)c4)C3=O)cc21. The molecular formula is C20H15BrN4O5S. The minimum atomic E-state index is -0.575. The summed E-state index contributed by atoms with van der Waals surface area (Å²) in [4.78, 5) is 49.7. The topological polar surface area (TPSA) is 107 Å². The van der Waals surface area contributed by atoms with E-state index in [2.05, 4.69) is 15.9 Å². The Morgan fingerprint density at radius 2 is 1.77 bits per heavy atom. The molecule has 9 nitrogen and oxygen atoms in total. The number of halogens is 1. The average Bonchev–Trinajstić information content (AvgIpc) is 3.10. The summed E-state index contributed by atoms with van der Waals surface area (Å²) in [6.45, 7) is 0.0930. The Balaban J connectivity index is 1.76. The molecule has 2 amide bonds. The number of hydrogen-bond donors (Lipinski definition) is 0. The van der Waals surface area contributed by atoms with Crippen molar-refractivity contribution in [2.45, 2.75) is 6.54 Å². The first-order chi connectivity index (χ1) is 14.7. The molecule has 158 valence electrons. The smallest absolute Gasteiger partial charge is 0.295 e. The van der Waals surface area contributed by atoms with E-state index in [9.17, 15) is 24.5 Å². The molecule has 1 fully saturated rings. The molecule has 1 aliphatic heterocycles. The van der Waals surface area contributed by atoms with E-state index in [4.69, 9.17) is 0 Å². The van der Waals surface area contributed by atoms with Crippen molar-refractivity contribution in [1.29, 1.82) is 0 Å². The van der Waals surface area contributed by atoms with Gasteiger partial charge in [0.2, 0.25) is 0 Å². The zero-order chi connectivity index (χ0) is 22.4. The molecule has 1 aromatic heterocycles. The molecule has 0 aliphatic carbocycles. The summed E-state index contributed by atoms with van der Waals surface area (Å²) in [6, 6.07) is 10.0. The molecule has 1 aliphatic rings. The highest BCUT2D eigenvalue weighted by atomic mass is 79.9. The van der Waals surface area contributed by atoms with E-state index >= 15 is 0 Å². The first-order valence-corrected chi connectivity index (χ1v) is 10.6. The molecule has 11 heteroatoms. The normalized spacial score (nSPS) is 15.5. The number of nitrogens with zero attached hydrogens (tertiary/aromatic N) is 4. The molecule has 0 saturated carbocycles. The number of nitro benzene ring substituents is 1. The molecule has 2 heterocycles. The predicted molar refractivity (Wildman–Crippen MR) is 120 cm³/mol. The van der Waals surface area contributed by atoms with Crippen LogP contribution in [-0.2, 0) is 25.4 Å². The highest BCUT2D eigenvalue weighted by Gasteiger charge is 2.35. The molecule has 4 rings (SSSR count). The number of amides is 2. The minimum absolute atomic E-state index is 0.0865. The van der Waals surface area contributed by atoms with Gasteiger partial charge in [0.1, 0.15) is 0 Å². The number of benzene rings is 2. The highest BCUT2D eigenvalue weighted by Crippen LogP contribution is 2.36. The summed E-state index contributed by atoms with van der Waals surface area (Å²) in [6.07, 6.45) is 1.33. The molecule has 1 saturated heterocycles. The lowest BCUT2D eigenvalue weighted by atomic mass is 10.1. The van der Waals surface area contributed by atoms with Crippen molar-refractivity contribution in [3.8, 4) is 0 Å². The molecule has 0 atom stereocenters. The van der Waals surface area contributed by atoms with Crippen LogP contribution in [-0.4, -0.2) is 30.1 Å². The van der Waals surface area contributed by atoms with E-state index in [0.29, 0.717) is 11.0 Å². The average molecular weight is 503 g/mol. The summed E-state index contributed by atoms with van der Waals surface area (Å²) in [5, 5.41) is 11.2. The number of imide groups is 1. The summed E-state index contributed by atoms with van der Waals surface area (Å²) in [5.41, 5.74) is 1.22. The van der Waals surface area contributed by atoms with Crippen LogP contribution in [0.3, 0.4) is 0 Å². The van der Waals surface area contributed by atoms with Gasteiger partial charge in [0, 0.05) is 24.6 Å². The Morgan fingerprint density at radius 1 is 1.10 bits per heavy atom. The molecule has 0 N–H and O–H groups in total. The number of hydrogen-bond acceptors (Lipinski definition) is 6. The third-order valence-electron chi connectivity index (χ3n) is 5.01. The quantitative estimate of drug-likeness (QED) is 0.305. The lowest BCUT2D eigenvalue weighted by Gasteiger charge is -2.12. The van der Waals surface area contributed by atoms with Crippen LogP contribution in [0.25, 0.3) is 17.1 Å². The standard InChI is InChI=1S/C20H15BrN4O5S/c1-22-15-7-12(14(25(29)30)9-16(15)23(2)19(22)27)8-17-18(26)24(20(28)31-17)10-11-4-3-5-13(21)6-11/h3-9H,10H2,1-2H3/b17-8-. The number of rotatable bonds is 4. The number of imidazole rings is 1. The molecule has 0 bridgehead atoms. The second-order valence-electron chi connectivity index (χ2n) is 6.96. The Hall–Kier alpha value is -3.18. The van der Waals surface area contributed by atoms with Crippen molar-refractivity contribution in [2.24, 2.45) is 14.1 Å². The van der Waals surface area contributed by atoms with Gasteiger partial charge in [-0.25, -0.2) is 4.79 Å². The van der Waals surface area contributed by atoms with Gasteiger partial charge in [-0.3, -0.25) is 33.7 Å². The van der Waals surface area contributed by atoms with Crippen LogP contribution < -0.4 is 5.69 Å². The number of carbonyl (C=O) groups excluding carboxylic acids is 2. The van der Waals surface area contributed by atoms with Gasteiger partial charge in [-0.2, -0.15) is 0 Å². The second kappa shape index (κ2) is 7.82. The molecule has 3 aromatic rings. The minimum Gasteiger partial charge on any atom is -0.295 e. The van der Waals surface area contributed by atoms with Crippen molar-refractivity contribution in [3.05, 3.63) is 77.5 Å². The van der Waals surface area contributed by atoms with Gasteiger partial charge in [-0.05, 0) is 41.6 Å². The van der Waals surface area contributed by atoms with Crippen molar-refractivity contribution in [1.82, 2.24) is 14.0 Å². The zero-order valence-electron chi connectivity index (χ0n) is 16.4. The van der Waals surface area contributed by atoms with E-state index in [1.165, 1.54) is 34.4 Å². The van der Waals surface area contributed by atoms with Crippen LogP contribution in [0, 0.1) is 10.1 Å². The Kier molecular flexibility index (Phi) is 5.31. The monoisotopic (exact) mass is 502 g/mol. The van der Waals surface area contributed by atoms with Crippen molar-refractivity contribution < 1.29 is 14.5 Å². The van der Waals surface area contributed by atoms with Gasteiger partial charge in [0.05, 0.1) is 33.0 Å². The van der Waals surface area contributed by atoms with Gasteiger partial charge in [0.15, 0.2) is 0 Å². The van der Waals surface area contributed by atoms with Gasteiger partial charge in [0.25, 0.3) is 16.8 Å². The van der Waals surface area contributed by atoms with E-state index in [0.717, 1.165) is 26.7 Å². The van der Waals surface area contributed by atoms with Gasteiger partial charge >= 0.3 is 5.69 Å². The van der Waals surface area contributed by atoms with Crippen LogP contribution in [0.15, 0.2) is 50.6 Å². The first kappa shape index (κ1) is 21.1. The highest BCUT2D eigenvalue weighted by molar-refractivity contribution is 9.10. The van der Waals surface area contributed by atoms with Crippen LogP contribution in [0.5, 0.6) is 0 Å². The molecule has 0 radical (unpaired) electrons. The maximum atomic E-state index is 12.9. The van der Waals surface area contributed by atoms with Crippen LogP contribution in [0.2, 0.25) is 0 Å². The number of nitro groups is 1. The van der Waals surface area contributed by atoms with E-state index in [-0.39, 0.29) is 28.4 Å². The summed E-state index contributed by atoms with van der Waals surface area (Å²) in [7, 11) is 3.09. The Bertz CT molecular complexity index is 1370. The summed E-state index contributed by atoms with van der Waals surface area (Å²) >= 11 is 4.09. The molecule has 2 aromatic carbocycles. The van der Waals surface area contributed by atoms with Gasteiger partial charge in [-0.15, -0.1) is 0 Å². The van der Waals surface area contributed by atoms with Gasteiger partial charge < -0.3 is 0 Å². The lowest BCUT2D eigenvalue weighted by Crippen LogP contribution is -2.27. The van der Waals surface area contributed by atoms with E-state index in [1.54, 1.807) is 19.2 Å². The van der Waals surface area contributed by atoms with Crippen LogP contribution in [0.4, 0.5) is 10.5 Å². The number of fused-ring (bicyclic) bond motifs is 1. The maximum Gasteiger partial charge on any atom is 0.328 e.